The molecule has 1 unspecified atom stereocenters. The Morgan fingerprint density at radius 1 is 1.32 bits per heavy atom. The summed E-state index contributed by atoms with van der Waals surface area (Å²) in [7, 11) is 0. The van der Waals surface area contributed by atoms with Crippen molar-refractivity contribution in [1.82, 2.24) is 0 Å². The molecular formula is C13H17NO5. The summed E-state index contributed by atoms with van der Waals surface area (Å²) in [6.45, 7) is 5.42. The van der Waals surface area contributed by atoms with Crippen LogP contribution in [0.4, 0.5) is 5.69 Å². The lowest BCUT2D eigenvalue weighted by Crippen LogP contribution is -2.29. The van der Waals surface area contributed by atoms with Crippen molar-refractivity contribution < 1.29 is 19.2 Å². The molecule has 0 N–H and O–H groups in total. The third-order valence-electron chi connectivity index (χ3n) is 2.38. The van der Waals surface area contributed by atoms with Crippen LogP contribution in [0.25, 0.3) is 0 Å². The summed E-state index contributed by atoms with van der Waals surface area (Å²) in [6, 6.07) is 5.64. The zero-order valence-corrected chi connectivity index (χ0v) is 11.2. The molecule has 0 bridgehead atoms. The number of rotatable bonds is 6. The lowest BCUT2D eigenvalue weighted by molar-refractivity contribution is -0.384. The molecule has 0 saturated heterocycles. The monoisotopic (exact) mass is 267 g/mol. The number of hydrogen-bond acceptors (Lipinski definition) is 5. The zero-order valence-electron chi connectivity index (χ0n) is 11.2. The lowest BCUT2D eigenvalue weighted by atomic mass is 10.2. The zero-order chi connectivity index (χ0) is 14.4. The second kappa shape index (κ2) is 6.72. The van der Waals surface area contributed by atoms with Crippen LogP contribution in [0, 0.1) is 16.0 Å². The van der Waals surface area contributed by atoms with Gasteiger partial charge in [-0.3, -0.25) is 14.9 Å². The molecule has 0 spiro atoms. The maximum atomic E-state index is 11.3. The van der Waals surface area contributed by atoms with Crippen molar-refractivity contribution in [2.75, 3.05) is 0 Å². The van der Waals surface area contributed by atoms with E-state index in [9.17, 15) is 14.9 Å². The molecule has 19 heavy (non-hydrogen) atoms. The van der Waals surface area contributed by atoms with E-state index < -0.39 is 11.2 Å². The van der Waals surface area contributed by atoms with E-state index in [2.05, 4.69) is 0 Å². The van der Waals surface area contributed by atoms with Gasteiger partial charge in [-0.2, -0.15) is 0 Å². The third-order valence-corrected chi connectivity index (χ3v) is 2.38. The largest absolute Gasteiger partial charge is 0.455 e. The van der Waals surface area contributed by atoms with Crippen LogP contribution in [0.1, 0.15) is 27.2 Å². The molecule has 0 aliphatic carbocycles. The van der Waals surface area contributed by atoms with Crippen LogP contribution in [0.2, 0.25) is 0 Å². The molecule has 104 valence electrons. The summed E-state index contributed by atoms with van der Waals surface area (Å²) in [5.74, 6) is 0.0551. The maximum Gasteiger partial charge on any atom is 0.308 e. The topological polar surface area (TPSA) is 78.7 Å². The molecule has 1 aromatic rings. The van der Waals surface area contributed by atoms with Crippen LogP contribution >= 0.6 is 0 Å². The van der Waals surface area contributed by atoms with Gasteiger partial charge in [-0.15, -0.1) is 0 Å². The lowest BCUT2D eigenvalue weighted by Gasteiger charge is -2.22. The highest BCUT2D eigenvalue weighted by atomic mass is 16.7. The van der Waals surface area contributed by atoms with Gasteiger partial charge in [-0.05, 0) is 12.1 Å². The quantitative estimate of drug-likeness (QED) is 0.342. The third kappa shape index (κ3) is 4.57. The maximum absolute atomic E-state index is 11.3. The van der Waals surface area contributed by atoms with Crippen molar-refractivity contribution in [3.8, 4) is 5.75 Å². The number of carbonyl (C=O) groups excluding carboxylic acids is 1. The number of ether oxygens (including phenoxy) is 2. The van der Waals surface area contributed by atoms with E-state index in [0.717, 1.165) is 0 Å². The minimum absolute atomic E-state index is 0.0148. The average molecular weight is 267 g/mol. The first-order valence-corrected chi connectivity index (χ1v) is 6.04. The van der Waals surface area contributed by atoms with Crippen LogP contribution in [0.5, 0.6) is 5.75 Å². The highest BCUT2D eigenvalue weighted by molar-refractivity contribution is 5.69. The summed E-state index contributed by atoms with van der Waals surface area (Å²) < 4.78 is 10.7. The van der Waals surface area contributed by atoms with Gasteiger partial charge in [-0.25, -0.2) is 0 Å². The van der Waals surface area contributed by atoms with Crippen molar-refractivity contribution >= 4 is 11.7 Å². The molecule has 0 aliphatic rings. The van der Waals surface area contributed by atoms with Crippen LogP contribution < -0.4 is 4.74 Å². The number of esters is 1. The Hall–Kier alpha value is -2.11. The van der Waals surface area contributed by atoms with Gasteiger partial charge in [0, 0.05) is 24.5 Å². The van der Waals surface area contributed by atoms with Crippen molar-refractivity contribution in [3.63, 3.8) is 0 Å². The van der Waals surface area contributed by atoms with Crippen molar-refractivity contribution in [2.24, 2.45) is 5.92 Å². The smallest absolute Gasteiger partial charge is 0.308 e. The molecule has 1 atom stereocenters. The minimum atomic E-state index is -0.700. The average Bonchev–Trinajstić information content (AvgIpc) is 2.38. The highest BCUT2D eigenvalue weighted by Gasteiger charge is 2.19. The minimum Gasteiger partial charge on any atom is -0.455 e. The molecule has 0 saturated carbocycles. The molecule has 0 heterocycles. The van der Waals surface area contributed by atoms with Gasteiger partial charge < -0.3 is 9.47 Å². The van der Waals surface area contributed by atoms with Gasteiger partial charge in [0.05, 0.1) is 4.92 Å². The summed E-state index contributed by atoms with van der Waals surface area (Å²) in [5, 5.41) is 10.5. The summed E-state index contributed by atoms with van der Waals surface area (Å²) in [4.78, 5) is 21.3. The second-order valence-electron chi connectivity index (χ2n) is 4.32. The predicted octanol–water partition coefficient (Wildman–Crippen LogP) is 2.91. The van der Waals surface area contributed by atoms with Crippen molar-refractivity contribution in [1.29, 1.82) is 0 Å². The van der Waals surface area contributed by atoms with Gasteiger partial charge in [0.2, 0.25) is 6.29 Å². The molecular weight excluding hydrogens is 250 g/mol. The number of nitro groups is 1. The Balaban J connectivity index is 2.73. The Morgan fingerprint density at radius 2 is 1.89 bits per heavy atom. The van der Waals surface area contributed by atoms with Gasteiger partial charge in [0.25, 0.3) is 5.69 Å². The number of non-ortho nitro benzene ring substituents is 1. The summed E-state index contributed by atoms with van der Waals surface area (Å²) in [5.41, 5.74) is -0.0148. The first-order chi connectivity index (χ1) is 8.93. The molecule has 0 fully saturated rings. The van der Waals surface area contributed by atoms with E-state index in [-0.39, 0.29) is 24.0 Å². The van der Waals surface area contributed by atoms with E-state index in [1.165, 1.54) is 24.3 Å². The van der Waals surface area contributed by atoms with Crippen molar-refractivity contribution in [3.05, 3.63) is 34.4 Å². The van der Waals surface area contributed by atoms with Gasteiger partial charge in [0.15, 0.2) is 0 Å². The molecule has 1 rings (SSSR count). The fourth-order valence-corrected chi connectivity index (χ4v) is 1.29. The molecule has 0 radical (unpaired) electrons. The Kier molecular flexibility index (Phi) is 5.29. The van der Waals surface area contributed by atoms with Crippen LogP contribution in [0.15, 0.2) is 24.3 Å². The summed E-state index contributed by atoms with van der Waals surface area (Å²) >= 11 is 0. The van der Waals surface area contributed by atoms with Crippen molar-refractivity contribution in [2.45, 2.75) is 33.5 Å². The van der Waals surface area contributed by atoms with Gasteiger partial charge in [0.1, 0.15) is 5.75 Å². The van der Waals surface area contributed by atoms with E-state index in [1.54, 1.807) is 6.92 Å². The first-order valence-electron chi connectivity index (χ1n) is 6.04. The van der Waals surface area contributed by atoms with E-state index in [0.29, 0.717) is 5.75 Å². The standard InChI is InChI=1S/C13H17NO5/c1-4-12(15)19-13(9(2)3)18-11-7-5-10(6-8-11)14(16)17/h5-9,13H,4H2,1-3H3. The molecule has 0 amide bonds. The SMILES string of the molecule is CCC(=O)OC(Oc1ccc([N+](=O)[O-])cc1)C(C)C. The number of hydrogen-bond donors (Lipinski definition) is 0. The number of carbonyl (C=O) groups is 1. The van der Waals surface area contributed by atoms with E-state index in [4.69, 9.17) is 9.47 Å². The Morgan fingerprint density at radius 3 is 2.32 bits per heavy atom. The van der Waals surface area contributed by atoms with E-state index >= 15 is 0 Å². The number of nitrogens with zero attached hydrogens (tertiary/aromatic N) is 1. The van der Waals surface area contributed by atoms with Gasteiger partial charge >= 0.3 is 5.97 Å². The second-order valence-corrected chi connectivity index (χ2v) is 4.32. The molecule has 1 aromatic carbocycles. The van der Waals surface area contributed by atoms with Gasteiger partial charge in [-0.1, -0.05) is 20.8 Å². The fourth-order valence-electron chi connectivity index (χ4n) is 1.29. The fraction of sp³-hybridized carbons (Fsp3) is 0.462. The summed E-state index contributed by atoms with van der Waals surface area (Å²) in [6.07, 6.45) is -0.429. The van der Waals surface area contributed by atoms with E-state index in [1.807, 2.05) is 13.8 Å². The number of benzene rings is 1. The molecule has 0 aliphatic heterocycles. The normalized spacial score (nSPS) is 12.0. The Labute approximate surface area is 111 Å². The van der Waals surface area contributed by atoms with Crippen LogP contribution in [0.3, 0.4) is 0 Å². The number of nitro benzene ring substituents is 1. The van der Waals surface area contributed by atoms with Crippen LogP contribution in [-0.2, 0) is 9.53 Å². The Bertz CT molecular complexity index is 441. The molecule has 6 heteroatoms. The molecule has 6 nitrogen and oxygen atoms in total. The van der Waals surface area contributed by atoms with Crippen LogP contribution in [-0.4, -0.2) is 17.2 Å². The highest BCUT2D eigenvalue weighted by Crippen LogP contribution is 2.21. The first kappa shape index (κ1) is 14.9. The predicted molar refractivity (Wildman–Crippen MR) is 68.7 cm³/mol. The molecule has 0 aromatic heterocycles.